The summed E-state index contributed by atoms with van der Waals surface area (Å²) in [4.78, 5) is 17.0. The van der Waals surface area contributed by atoms with Gasteiger partial charge in [0.15, 0.2) is 0 Å². The number of hydrogen-bond acceptors (Lipinski definition) is 8. The van der Waals surface area contributed by atoms with Crippen molar-refractivity contribution >= 4 is 23.2 Å². The number of allylic oxidation sites excluding steroid dienone is 1. The smallest absolute Gasteiger partial charge is 0.275 e. The number of amides is 1. The van der Waals surface area contributed by atoms with Crippen LogP contribution in [-0.2, 0) is 0 Å². The Hall–Kier alpha value is -3.40. The number of aromatic nitrogens is 1. The fourth-order valence-corrected chi connectivity index (χ4v) is 3.69. The van der Waals surface area contributed by atoms with Crippen LogP contribution in [0, 0.1) is 0 Å². The second kappa shape index (κ2) is 9.62. The van der Waals surface area contributed by atoms with Gasteiger partial charge in [-0.15, -0.1) is 0 Å². The lowest BCUT2D eigenvalue weighted by Crippen LogP contribution is -2.42. The molecule has 0 bridgehead atoms. The van der Waals surface area contributed by atoms with E-state index in [1.165, 1.54) is 0 Å². The Bertz CT molecular complexity index is 1160. The van der Waals surface area contributed by atoms with Gasteiger partial charge in [-0.25, -0.2) is 9.99 Å². The number of hydrogen-bond donors (Lipinski definition) is 4. The van der Waals surface area contributed by atoms with Gasteiger partial charge < -0.3 is 25.6 Å². The number of nitrogens with zero attached hydrogens (tertiary/aromatic N) is 3. The molecule has 0 saturated carbocycles. The molecule has 9 nitrogen and oxygen atoms in total. The van der Waals surface area contributed by atoms with Crippen molar-refractivity contribution in [1.82, 2.24) is 20.6 Å². The molecule has 2 aliphatic heterocycles. The van der Waals surface area contributed by atoms with Crippen LogP contribution in [0.4, 0.5) is 0 Å². The zero-order valence-electron chi connectivity index (χ0n) is 18.1. The lowest BCUT2D eigenvalue weighted by Gasteiger charge is -2.32. The Morgan fingerprint density at radius 3 is 2.82 bits per heavy atom. The number of rotatable bonds is 7. The van der Waals surface area contributed by atoms with Crippen molar-refractivity contribution in [3.8, 4) is 5.88 Å². The Morgan fingerprint density at radius 2 is 2.06 bits per heavy atom. The van der Waals surface area contributed by atoms with E-state index < -0.39 is 18.6 Å². The lowest BCUT2D eigenvalue weighted by atomic mass is 9.97. The minimum atomic E-state index is -1.03. The number of pyridine rings is 1. The van der Waals surface area contributed by atoms with Crippen LogP contribution >= 0.6 is 11.6 Å². The summed E-state index contributed by atoms with van der Waals surface area (Å²) >= 11 is 6.41. The van der Waals surface area contributed by atoms with Crippen molar-refractivity contribution in [3.05, 3.63) is 81.9 Å². The second-order valence-electron chi connectivity index (χ2n) is 7.64. The van der Waals surface area contributed by atoms with Crippen molar-refractivity contribution in [2.45, 2.75) is 26.1 Å². The number of carbonyl (C=O) groups excluding carboxylic acids is 1. The van der Waals surface area contributed by atoms with Crippen LogP contribution in [0.15, 0.2) is 70.7 Å². The largest absolute Gasteiger partial charge is 0.475 e. The molecule has 0 aliphatic carbocycles. The molecule has 2 atom stereocenters. The second-order valence-corrected chi connectivity index (χ2v) is 8.05. The first-order valence-corrected chi connectivity index (χ1v) is 10.7. The summed E-state index contributed by atoms with van der Waals surface area (Å²) in [6, 6.07) is 12.2. The topological polar surface area (TPSA) is 119 Å². The highest BCUT2D eigenvalue weighted by Gasteiger charge is 2.34. The van der Waals surface area contributed by atoms with Crippen LogP contribution in [0.2, 0.25) is 5.02 Å². The van der Waals surface area contributed by atoms with Crippen LogP contribution in [0.3, 0.4) is 0 Å². The molecule has 10 heteroatoms. The van der Waals surface area contributed by atoms with Crippen molar-refractivity contribution in [1.29, 1.82) is 0 Å². The number of nitrogens with one attached hydrogen (secondary N) is 2. The maximum absolute atomic E-state index is 12.9. The number of aliphatic hydroxyl groups excluding tert-OH is 2. The minimum absolute atomic E-state index is 0.131. The summed E-state index contributed by atoms with van der Waals surface area (Å²) in [5, 5.41) is 31.5. The highest BCUT2D eigenvalue weighted by Crippen LogP contribution is 2.31. The highest BCUT2D eigenvalue weighted by atomic mass is 35.5. The normalized spacial score (nSPS) is 18.2. The van der Waals surface area contributed by atoms with Crippen molar-refractivity contribution in [3.63, 3.8) is 0 Å². The standard InChI is InChI=1S/C23H24ClN5O4/c1-13-14(2)22-25-10-19(29(22)28-21(13)16-6-3-4-7-17(16)24)27-23(32)18-8-5-9-20(26-18)33-12-15(31)11-30/h3-10,15,22,25,30-31H,11-12H2,1-2H3,(H,27,32). The van der Waals surface area contributed by atoms with Gasteiger partial charge in [0.2, 0.25) is 5.88 Å². The van der Waals surface area contributed by atoms with Crippen LogP contribution in [0.1, 0.15) is 29.9 Å². The fourth-order valence-electron chi connectivity index (χ4n) is 3.47. The van der Waals surface area contributed by atoms with E-state index in [1.54, 1.807) is 29.4 Å². The van der Waals surface area contributed by atoms with E-state index in [1.807, 2.05) is 38.1 Å². The van der Waals surface area contributed by atoms with Gasteiger partial charge in [0, 0.05) is 17.8 Å². The molecule has 0 saturated heterocycles. The lowest BCUT2D eigenvalue weighted by molar-refractivity contribution is 0.0520. The maximum Gasteiger partial charge on any atom is 0.275 e. The molecular weight excluding hydrogens is 446 g/mol. The summed E-state index contributed by atoms with van der Waals surface area (Å²) in [6.45, 7) is 3.44. The van der Waals surface area contributed by atoms with Crippen LogP contribution in [-0.4, -0.2) is 57.3 Å². The van der Waals surface area contributed by atoms with E-state index in [2.05, 4.69) is 15.6 Å². The predicted octanol–water partition coefficient (Wildman–Crippen LogP) is 1.98. The van der Waals surface area contributed by atoms with Crippen LogP contribution < -0.4 is 15.4 Å². The average molecular weight is 470 g/mol. The predicted molar refractivity (Wildman–Crippen MR) is 123 cm³/mol. The summed E-state index contributed by atoms with van der Waals surface area (Å²) in [7, 11) is 0. The van der Waals surface area contributed by atoms with E-state index in [4.69, 9.17) is 26.5 Å². The van der Waals surface area contributed by atoms with Crippen molar-refractivity contribution < 1.29 is 19.7 Å². The molecule has 1 amide bonds. The fraction of sp³-hybridized carbons (Fsp3) is 0.261. The van der Waals surface area contributed by atoms with Gasteiger partial charge in [0.05, 0.1) is 17.3 Å². The highest BCUT2D eigenvalue weighted by molar-refractivity contribution is 6.35. The van der Waals surface area contributed by atoms with Gasteiger partial charge >= 0.3 is 0 Å². The Labute approximate surface area is 196 Å². The number of aliphatic hydroxyl groups is 2. The minimum Gasteiger partial charge on any atom is -0.475 e. The third-order valence-electron chi connectivity index (χ3n) is 5.40. The quantitative estimate of drug-likeness (QED) is 0.489. The van der Waals surface area contributed by atoms with Gasteiger partial charge in [0.1, 0.15) is 30.4 Å². The maximum atomic E-state index is 12.9. The van der Waals surface area contributed by atoms with E-state index in [0.717, 1.165) is 22.4 Å². The number of fused-ring (bicyclic) bond motifs is 1. The van der Waals surface area contributed by atoms with Crippen molar-refractivity contribution in [2.24, 2.45) is 5.10 Å². The zero-order chi connectivity index (χ0) is 23.5. The van der Waals surface area contributed by atoms with Crippen molar-refractivity contribution in [2.75, 3.05) is 13.2 Å². The molecule has 2 aromatic rings. The molecule has 1 aromatic carbocycles. The summed E-state index contributed by atoms with van der Waals surface area (Å²) in [5.41, 5.74) is 3.73. The molecular formula is C23H24ClN5O4. The average Bonchev–Trinajstić information content (AvgIpc) is 3.23. The molecule has 2 aliphatic rings. The van der Waals surface area contributed by atoms with Gasteiger partial charge in [-0.2, -0.15) is 5.10 Å². The number of halogens is 1. The number of hydrazone groups is 1. The van der Waals surface area contributed by atoms with Crippen LogP contribution in [0.25, 0.3) is 0 Å². The zero-order valence-corrected chi connectivity index (χ0v) is 18.9. The molecule has 4 rings (SSSR count). The molecule has 33 heavy (non-hydrogen) atoms. The summed E-state index contributed by atoms with van der Waals surface area (Å²) in [5.74, 6) is 0.179. The molecule has 0 radical (unpaired) electrons. The first-order chi connectivity index (χ1) is 15.9. The van der Waals surface area contributed by atoms with E-state index in [0.29, 0.717) is 10.8 Å². The van der Waals surface area contributed by atoms with E-state index in [9.17, 15) is 9.90 Å². The number of benzene rings is 1. The van der Waals surface area contributed by atoms with Gasteiger partial charge in [0.25, 0.3) is 5.91 Å². The number of ether oxygens (including phenoxy) is 1. The van der Waals surface area contributed by atoms with E-state index >= 15 is 0 Å². The molecule has 0 spiro atoms. The summed E-state index contributed by atoms with van der Waals surface area (Å²) < 4.78 is 5.33. The van der Waals surface area contributed by atoms with Gasteiger partial charge in [-0.3, -0.25) is 4.79 Å². The monoisotopic (exact) mass is 469 g/mol. The first kappa shape index (κ1) is 22.8. The molecule has 4 N–H and O–H groups in total. The third-order valence-corrected chi connectivity index (χ3v) is 5.72. The number of carbonyl (C=O) groups is 1. The molecule has 2 unspecified atom stereocenters. The van der Waals surface area contributed by atoms with E-state index in [-0.39, 0.29) is 24.3 Å². The molecule has 1 aromatic heterocycles. The first-order valence-electron chi connectivity index (χ1n) is 10.4. The Morgan fingerprint density at radius 1 is 1.27 bits per heavy atom. The summed E-state index contributed by atoms with van der Waals surface area (Å²) in [6.07, 6.45) is 0.435. The molecule has 172 valence electrons. The SMILES string of the molecule is CC1=C(C)C2NC=C(NC(=O)c3cccc(OCC(O)CO)n3)N2N=C1c1ccccc1Cl. The van der Waals surface area contributed by atoms with Gasteiger partial charge in [-0.1, -0.05) is 35.9 Å². The molecule has 0 fully saturated rings. The third kappa shape index (κ3) is 4.70. The Balaban J connectivity index is 1.53. The van der Waals surface area contributed by atoms with Crippen LogP contribution in [0.5, 0.6) is 5.88 Å². The Kier molecular flexibility index (Phi) is 6.64. The van der Waals surface area contributed by atoms with Gasteiger partial charge in [-0.05, 0) is 37.1 Å². The molecule has 3 heterocycles.